The van der Waals surface area contributed by atoms with E-state index < -0.39 is 11.8 Å². The largest absolute Gasteiger partial charge is 0.476 e. The number of carbonyl (C=O) groups is 1. The van der Waals surface area contributed by atoms with Gasteiger partial charge in [-0.3, -0.25) is 0 Å². The lowest BCUT2D eigenvalue weighted by atomic mass is 10.1. The highest BCUT2D eigenvalue weighted by atomic mass is 19.1. The number of nitriles is 1. The molecule has 0 fully saturated rings. The van der Waals surface area contributed by atoms with Crippen LogP contribution in [0.1, 0.15) is 21.9 Å². The average Bonchev–Trinajstić information content (AvgIpc) is 2.96. The minimum absolute atomic E-state index is 0.113. The number of benzene rings is 1. The molecule has 0 aliphatic heterocycles. The summed E-state index contributed by atoms with van der Waals surface area (Å²) in [5.41, 5.74) is 1.89. The van der Waals surface area contributed by atoms with Crippen LogP contribution in [0.25, 0.3) is 16.8 Å². The number of nitrogens with zero attached hydrogens (tertiary/aromatic N) is 5. The molecule has 0 radical (unpaired) electrons. The third kappa shape index (κ3) is 2.59. The average molecular weight is 323 g/mol. The van der Waals surface area contributed by atoms with Gasteiger partial charge in [0.15, 0.2) is 17.2 Å². The second kappa shape index (κ2) is 5.89. The number of rotatable bonds is 3. The molecule has 0 spiro atoms. The normalized spacial score (nSPS) is 10.4. The van der Waals surface area contributed by atoms with Crippen LogP contribution in [0, 0.1) is 24.1 Å². The number of aromatic carboxylic acids is 1. The first-order chi connectivity index (χ1) is 11.5. The summed E-state index contributed by atoms with van der Waals surface area (Å²) in [5.74, 6) is -1.83. The van der Waals surface area contributed by atoms with E-state index >= 15 is 0 Å². The Morgan fingerprint density at radius 1 is 1.29 bits per heavy atom. The topological polar surface area (TPSA) is 105 Å². The lowest BCUT2D eigenvalue weighted by Gasteiger charge is -2.06. The molecule has 3 rings (SSSR count). The number of halogens is 1. The molecule has 0 unspecified atom stereocenters. The predicted octanol–water partition coefficient (Wildman–Crippen LogP) is 2.35. The molecule has 24 heavy (non-hydrogen) atoms. The molecule has 2 heterocycles. The number of hydrogen-bond acceptors (Lipinski definition) is 5. The monoisotopic (exact) mass is 323 g/mol. The van der Waals surface area contributed by atoms with E-state index in [-0.39, 0.29) is 11.4 Å². The smallest absolute Gasteiger partial charge is 0.358 e. The molecule has 0 bridgehead atoms. The Labute approximate surface area is 135 Å². The second-order valence-electron chi connectivity index (χ2n) is 4.95. The highest BCUT2D eigenvalue weighted by Crippen LogP contribution is 2.22. The summed E-state index contributed by atoms with van der Waals surface area (Å²) in [5, 5.41) is 25.2. The van der Waals surface area contributed by atoms with E-state index in [1.165, 1.54) is 16.9 Å². The van der Waals surface area contributed by atoms with Crippen LogP contribution in [0.3, 0.4) is 0 Å². The van der Waals surface area contributed by atoms with E-state index in [9.17, 15) is 9.18 Å². The van der Waals surface area contributed by atoms with Crippen LogP contribution in [0.4, 0.5) is 4.39 Å². The summed E-state index contributed by atoms with van der Waals surface area (Å²) in [6.45, 7) is 1.61. The third-order valence-corrected chi connectivity index (χ3v) is 3.49. The zero-order valence-corrected chi connectivity index (χ0v) is 12.4. The van der Waals surface area contributed by atoms with Gasteiger partial charge in [-0.1, -0.05) is 17.3 Å². The van der Waals surface area contributed by atoms with Crippen molar-refractivity contribution in [3.8, 4) is 22.9 Å². The Balaban J connectivity index is 1.95. The van der Waals surface area contributed by atoms with E-state index in [2.05, 4.69) is 15.3 Å². The molecular weight excluding hydrogens is 313 g/mol. The second-order valence-corrected chi connectivity index (χ2v) is 4.95. The van der Waals surface area contributed by atoms with Crippen molar-refractivity contribution < 1.29 is 14.3 Å². The fraction of sp³-hybridized carbons (Fsp3) is 0.0625. The fourth-order valence-electron chi connectivity index (χ4n) is 2.25. The molecule has 1 aromatic carbocycles. The number of pyridine rings is 1. The highest BCUT2D eigenvalue weighted by molar-refractivity contribution is 5.86. The van der Waals surface area contributed by atoms with Crippen molar-refractivity contribution >= 4 is 5.97 Å². The first kappa shape index (κ1) is 15.3. The molecule has 0 aliphatic rings. The summed E-state index contributed by atoms with van der Waals surface area (Å²) in [6.07, 6.45) is 1.42. The number of carboxylic acid groups (broad SMARTS) is 1. The van der Waals surface area contributed by atoms with Gasteiger partial charge in [0.05, 0.1) is 11.4 Å². The first-order valence-electron chi connectivity index (χ1n) is 6.83. The van der Waals surface area contributed by atoms with Gasteiger partial charge in [-0.05, 0) is 30.7 Å². The molecule has 118 valence electrons. The molecule has 8 heteroatoms. The van der Waals surface area contributed by atoms with Crippen molar-refractivity contribution in [2.24, 2.45) is 0 Å². The number of carboxylic acids is 1. The van der Waals surface area contributed by atoms with Crippen molar-refractivity contribution in [3.63, 3.8) is 0 Å². The van der Waals surface area contributed by atoms with Crippen LogP contribution in [0.5, 0.6) is 0 Å². The van der Waals surface area contributed by atoms with E-state index in [1.54, 1.807) is 37.3 Å². The molecular formula is C16H10FN5O2. The lowest BCUT2D eigenvalue weighted by molar-refractivity contribution is 0.0689. The van der Waals surface area contributed by atoms with Gasteiger partial charge in [-0.15, -0.1) is 5.10 Å². The maximum absolute atomic E-state index is 13.6. The van der Waals surface area contributed by atoms with E-state index in [4.69, 9.17) is 10.4 Å². The summed E-state index contributed by atoms with van der Waals surface area (Å²) in [6, 6.07) is 9.77. The first-order valence-corrected chi connectivity index (χ1v) is 6.83. The van der Waals surface area contributed by atoms with Gasteiger partial charge in [0.25, 0.3) is 0 Å². The van der Waals surface area contributed by atoms with Crippen molar-refractivity contribution in [1.29, 1.82) is 5.26 Å². The SMILES string of the molecule is Cc1c(C(=O)O)nnn1-c1ccc(-c2cnc(C#N)c(F)c2)cc1. The highest BCUT2D eigenvalue weighted by Gasteiger charge is 2.16. The molecule has 3 aromatic rings. The summed E-state index contributed by atoms with van der Waals surface area (Å²) < 4.78 is 15.1. The fourth-order valence-corrected chi connectivity index (χ4v) is 2.25. The summed E-state index contributed by atoms with van der Waals surface area (Å²) >= 11 is 0. The third-order valence-electron chi connectivity index (χ3n) is 3.49. The number of hydrogen-bond donors (Lipinski definition) is 1. The van der Waals surface area contributed by atoms with E-state index in [0.29, 0.717) is 22.5 Å². The Kier molecular flexibility index (Phi) is 3.75. The van der Waals surface area contributed by atoms with Gasteiger partial charge < -0.3 is 5.11 Å². The van der Waals surface area contributed by atoms with Crippen LogP contribution in [0.2, 0.25) is 0 Å². The number of aromatic nitrogens is 4. The van der Waals surface area contributed by atoms with Crippen molar-refractivity contribution in [2.45, 2.75) is 6.92 Å². The minimum atomic E-state index is -1.14. The zero-order chi connectivity index (χ0) is 17.3. The molecule has 1 N–H and O–H groups in total. The van der Waals surface area contributed by atoms with Gasteiger partial charge in [0.2, 0.25) is 0 Å². The van der Waals surface area contributed by atoms with Gasteiger partial charge in [-0.25, -0.2) is 18.9 Å². The minimum Gasteiger partial charge on any atom is -0.476 e. The molecule has 0 saturated carbocycles. The molecule has 0 atom stereocenters. The molecule has 7 nitrogen and oxygen atoms in total. The zero-order valence-electron chi connectivity index (χ0n) is 12.4. The van der Waals surface area contributed by atoms with Crippen molar-refractivity contribution in [2.75, 3.05) is 0 Å². The predicted molar refractivity (Wildman–Crippen MR) is 81.0 cm³/mol. The Bertz CT molecular complexity index is 973. The van der Waals surface area contributed by atoms with Gasteiger partial charge >= 0.3 is 5.97 Å². The maximum Gasteiger partial charge on any atom is 0.358 e. The maximum atomic E-state index is 13.6. The standard InChI is InChI=1S/C16H10FN5O2/c1-9-15(16(23)24)20-21-22(9)12-4-2-10(3-5-12)11-6-13(17)14(7-18)19-8-11/h2-6,8H,1H3,(H,23,24). The summed E-state index contributed by atoms with van der Waals surface area (Å²) in [4.78, 5) is 14.8. The molecule has 0 aliphatic carbocycles. The van der Waals surface area contributed by atoms with E-state index in [1.807, 2.05) is 0 Å². The quantitative estimate of drug-likeness (QED) is 0.793. The van der Waals surface area contributed by atoms with Crippen molar-refractivity contribution in [3.05, 3.63) is 59.4 Å². The Morgan fingerprint density at radius 2 is 2.00 bits per heavy atom. The van der Waals surface area contributed by atoms with Crippen LogP contribution in [-0.2, 0) is 0 Å². The lowest BCUT2D eigenvalue weighted by Crippen LogP contribution is -2.02. The van der Waals surface area contributed by atoms with E-state index in [0.717, 1.165) is 0 Å². The van der Waals surface area contributed by atoms with Gasteiger partial charge in [-0.2, -0.15) is 5.26 Å². The Hall–Kier alpha value is -3.60. The molecule has 0 amide bonds. The van der Waals surface area contributed by atoms with Crippen LogP contribution < -0.4 is 0 Å². The van der Waals surface area contributed by atoms with Crippen LogP contribution in [0.15, 0.2) is 36.5 Å². The van der Waals surface area contributed by atoms with Crippen molar-refractivity contribution in [1.82, 2.24) is 20.0 Å². The molecule has 2 aromatic heterocycles. The van der Waals surface area contributed by atoms with Crippen LogP contribution in [-0.4, -0.2) is 31.1 Å². The van der Waals surface area contributed by atoms with Crippen LogP contribution >= 0.6 is 0 Å². The summed E-state index contributed by atoms with van der Waals surface area (Å²) in [7, 11) is 0. The van der Waals surface area contributed by atoms with Gasteiger partial charge in [0, 0.05) is 11.8 Å². The molecule has 0 saturated heterocycles. The Morgan fingerprint density at radius 3 is 2.54 bits per heavy atom. The van der Waals surface area contributed by atoms with Gasteiger partial charge in [0.1, 0.15) is 6.07 Å².